The highest BCUT2D eigenvalue weighted by molar-refractivity contribution is 5.85. The first-order chi connectivity index (χ1) is 7.99. The summed E-state index contributed by atoms with van der Waals surface area (Å²) in [5.74, 6) is -0.627. The molecule has 1 saturated carbocycles. The van der Waals surface area contributed by atoms with Crippen LogP contribution in [0.3, 0.4) is 0 Å². The second-order valence-electron chi connectivity index (χ2n) is 4.45. The molecule has 6 nitrogen and oxygen atoms in total. The Morgan fingerprint density at radius 1 is 1.44 bits per heavy atom. The predicted molar refractivity (Wildman–Crippen MR) is 67.9 cm³/mol. The quantitative estimate of drug-likeness (QED) is 0.443. The van der Waals surface area contributed by atoms with Crippen molar-refractivity contribution >= 4 is 18.1 Å². The van der Waals surface area contributed by atoms with Gasteiger partial charge in [0.1, 0.15) is 0 Å². The predicted octanol–water partition coefficient (Wildman–Crippen LogP) is 2.23. The molecule has 0 amide bonds. The summed E-state index contributed by atoms with van der Waals surface area (Å²) in [5.41, 5.74) is 5.89. The lowest BCUT2D eigenvalue weighted by atomic mass is 10.0. The number of nitro benzene ring substituents is 1. The molecule has 2 rings (SSSR count). The topological polar surface area (TPSA) is 110 Å². The molecule has 1 aliphatic carbocycles. The fourth-order valence-electron chi connectivity index (χ4n) is 1.83. The third kappa shape index (κ3) is 3.02. The minimum Gasteiger partial charge on any atom is -0.504 e. The summed E-state index contributed by atoms with van der Waals surface area (Å²) >= 11 is 0. The van der Waals surface area contributed by atoms with Crippen LogP contribution >= 0.6 is 12.4 Å². The van der Waals surface area contributed by atoms with Crippen molar-refractivity contribution in [3.8, 4) is 11.5 Å². The van der Waals surface area contributed by atoms with E-state index >= 15 is 0 Å². The van der Waals surface area contributed by atoms with Crippen LogP contribution in [0.4, 0.5) is 5.69 Å². The first-order valence-corrected chi connectivity index (χ1v) is 5.45. The monoisotopic (exact) mass is 274 g/mol. The van der Waals surface area contributed by atoms with Gasteiger partial charge in [0.2, 0.25) is 5.75 Å². The molecule has 0 radical (unpaired) electrons. The molecule has 18 heavy (non-hydrogen) atoms. The van der Waals surface area contributed by atoms with Crippen molar-refractivity contribution in [2.24, 2.45) is 11.7 Å². The molecule has 0 heterocycles. The number of hydrogen-bond acceptors (Lipinski definition) is 5. The zero-order valence-electron chi connectivity index (χ0n) is 9.57. The van der Waals surface area contributed by atoms with Gasteiger partial charge in [-0.1, -0.05) is 12.8 Å². The largest absolute Gasteiger partial charge is 0.504 e. The second kappa shape index (κ2) is 5.41. The second-order valence-corrected chi connectivity index (χ2v) is 4.45. The van der Waals surface area contributed by atoms with Gasteiger partial charge in [0.05, 0.1) is 4.92 Å². The molecule has 100 valence electrons. The number of hydrogen-bond donors (Lipinski definition) is 3. The minimum absolute atomic E-state index is 0. The van der Waals surface area contributed by atoms with Gasteiger partial charge in [0.25, 0.3) is 0 Å². The maximum absolute atomic E-state index is 10.7. The van der Waals surface area contributed by atoms with Crippen LogP contribution in [0.15, 0.2) is 12.1 Å². The highest BCUT2D eigenvalue weighted by atomic mass is 35.5. The molecule has 1 aliphatic rings. The zero-order chi connectivity index (χ0) is 12.6. The molecule has 0 bridgehead atoms. The molecule has 0 spiro atoms. The Hall–Kier alpha value is -1.53. The Bertz CT molecular complexity index is 463. The van der Waals surface area contributed by atoms with Crippen molar-refractivity contribution in [3.05, 3.63) is 27.8 Å². The average Bonchev–Trinajstić information content (AvgIpc) is 3.05. The third-order valence-electron chi connectivity index (χ3n) is 3.00. The molecule has 0 aliphatic heterocycles. The standard InChI is InChI=1S/C11H14N2O4.ClH/c12-8(3-6-1-2-6)7-4-9(13(16)17)11(15)10(14)5-7;/h4-6,8,14-15H,1-3,12H2;1H/t8-;/m1./s1. The van der Waals surface area contributed by atoms with Gasteiger partial charge in [-0.3, -0.25) is 10.1 Å². The molecule has 1 fully saturated rings. The first-order valence-electron chi connectivity index (χ1n) is 5.45. The maximum Gasteiger partial charge on any atom is 0.314 e. The van der Waals surface area contributed by atoms with Crippen molar-refractivity contribution in [3.63, 3.8) is 0 Å². The summed E-state index contributed by atoms with van der Waals surface area (Å²) in [4.78, 5) is 9.94. The molecule has 0 saturated heterocycles. The molecule has 4 N–H and O–H groups in total. The lowest BCUT2D eigenvalue weighted by molar-refractivity contribution is -0.386. The Labute approximate surface area is 110 Å². The van der Waals surface area contributed by atoms with Crippen LogP contribution in [0.1, 0.15) is 30.9 Å². The van der Waals surface area contributed by atoms with E-state index in [0.717, 1.165) is 19.3 Å². The summed E-state index contributed by atoms with van der Waals surface area (Å²) in [6.45, 7) is 0. The van der Waals surface area contributed by atoms with Crippen LogP contribution in [0, 0.1) is 16.0 Å². The average molecular weight is 275 g/mol. The Balaban J connectivity index is 0.00000162. The Kier molecular flexibility index (Phi) is 4.37. The molecule has 7 heteroatoms. The van der Waals surface area contributed by atoms with E-state index in [2.05, 4.69) is 0 Å². The van der Waals surface area contributed by atoms with E-state index in [1.807, 2.05) is 0 Å². The molecular formula is C11H15ClN2O4. The first kappa shape index (κ1) is 14.5. The number of rotatable bonds is 4. The maximum atomic E-state index is 10.7. The lowest BCUT2D eigenvalue weighted by Gasteiger charge is -2.12. The normalized spacial score (nSPS) is 15.8. The van der Waals surface area contributed by atoms with Gasteiger partial charge in [0, 0.05) is 12.1 Å². The van der Waals surface area contributed by atoms with Crippen molar-refractivity contribution in [2.75, 3.05) is 0 Å². The third-order valence-corrected chi connectivity index (χ3v) is 3.00. The summed E-state index contributed by atoms with van der Waals surface area (Å²) in [5, 5.41) is 29.4. The van der Waals surface area contributed by atoms with Gasteiger partial charge in [-0.05, 0) is 24.0 Å². The van der Waals surface area contributed by atoms with Gasteiger partial charge in [-0.25, -0.2) is 0 Å². The van der Waals surface area contributed by atoms with E-state index in [4.69, 9.17) is 5.73 Å². The van der Waals surface area contributed by atoms with Crippen LogP contribution in [0.25, 0.3) is 0 Å². The molecule has 0 unspecified atom stereocenters. The number of phenols is 2. The van der Waals surface area contributed by atoms with Crippen LogP contribution in [-0.4, -0.2) is 15.1 Å². The SMILES string of the molecule is Cl.N[C@H](CC1CC1)c1cc(O)c(O)c([N+](=O)[O-])c1. The van der Waals surface area contributed by atoms with Crippen molar-refractivity contribution in [2.45, 2.75) is 25.3 Å². The zero-order valence-corrected chi connectivity index (χ0v) is 10.4. The number of nitro groups is 1. The fraction of sp³-hybridized carbons (Fsp3) is 0.455. The van der Waals surface area contributed by atoms with Crippen molar-refractivity contribution in [1.82, 2.24) is 0 Å². The van der Waals surface area contributed by atoms with E-state index in [1.54, 1.807) is 0 Å². The molecule has 0 aromatic heterocycles. The lowest BCUT2D eigenvalue weighted by Crippen LogP contribution is -2.11. The Morgan fingerprint density at radius 3 is 2.56 bits per heavy atom. The van der Waals surface area contributed by atoms with E-state index in [9.17, 15) is 20.3 Å². The van der Waals surface area contributed by atoms with Crippen molar-refractivity contribution < 1.29 is 15.1 Å². The molecule has 1 aromatic rings. The number of aromatic hydroxyl groups is 2. The van der Waals surface area contributed by atoms with Gasteiger partial charge in [0.15, 0.2) is 5.75 Å². The summed E-state index contributed by atoms with van der Waals surface area (Å²) in [7, 11) is 0. The van der Waals surface area contributed by atoms with E-state index in [0.29, 0.717) is 11.5 Å². The summed E-state index contributed by atoms with van der Waals surface area (Å²) < 4.78 is 0. The van der Waals surface area contributed by atoms with Crippen LogP contribution < -0.4 is 5.73 Å². The molecule has 1 atom stereocenters. The van der Waals surface area contributed by atoms with E-state index < -0.39 is 22.1 Å². The minimum atomic E-state index is -0.734. The van der Waals surface area contributed by atoms with Crippen LogP contribution in [0.5, 0.6) is 11.5 Å². The van der Waals surface area contributed by atoms with Crippen LogP contribution in [-0.2, 0) is 0 Å². The van der Waals surface area contributed by atoms with Gasteiger partial charge < -0.3 is 15.9 Å². The fourth-order valence-corrected chi connectivity index (χ4v) is 1.83. The van der Waals surface area contributed by atoms with Gasteiger partial charge in [-0.2, -0.15) is 0 Å². The molecule has 1 aromatic carbocycles. The van der Waals surface area contributed by atoms with Gasteiger partial charge >= 0.3 is 5.69 Å². The highest BCUT2D eigenvalue weighted by Crippen LogP contribution is 2.41. The van der Waals surface area contributed by atoms with Crippen molar-refractivity contribution in [1.29, 1.82) is 0 Å². The van der Waals surface area contributed by atoms with E-state index in [1.165, 1.54) is 12.1 Å². The number of halogens is 1. The number of nitrogens with two attached hydrogens (primary N) is 1. The number of benzene rings is 1. The summed E-state index contributed by atoms with van der Waals surface area (Å²) in [6.07, 6.45) is 3.03. The van der Waals surface area contributed by atoms with Crippen LogP contribution in [0.2, 0.25) is 0 Å². The highest BCUT2D eigenvalue weighted by Gasteiger charge is 2.27. The smallest absolute Gasteiger partial charge is 0.314 e. The number of phenolic OH excluding ortho intramolecular Hbond substituents is 2. The van der Waals surface area contributed by atoms with Gasteiger partial charge in [-0.15, -0.1) is 12.4 Å². The molecular weight excluding hydrogens is 260 g/mol. The number of nitrogens with zero attached hydrogens (tertiary/aromatic N) is 1. The summed E-state index contributed by atoms with van der Waals surface area (Å²) in [6, 6.07) is 2.17. The Morgan fingerprint density at radius 2 is 2.06 bits per heavy atom. The van der Waals surface area contributed by atoms with E-state index in [-0.39, 0.29) is 18.4 Å².